The zero-order valence-electron chi connectivity index (χ0n) is 8.10. The van der Waals surface area contributed by atoms with Crippen LogP contribution >= 0.6 is 11.8 Å². The Bertz CT molecular complexity index is 475. The van der Waals surface area contributed by atoms with Gasteiger partial charge in [-0.25, -0.2) is 4.98 Å². The second-order valence-electron chi connectivity index (χ2n) is 3.74. The molecule has 0 fully saturated rings. The van der Waals surface area contributed by atoms with Crippen molar-refractivity contribution in [2.45, 2.75) is 24.5 Å². The molecule has 14 heavy (non-hydrogen) atoms. The minimum absolute atomic E-state index is 0.596. The molecule has 3 heteroatoms. The quantitative estimate of drug-likeness (QED) is 0.656. The lowest BCUT2D eigenvalue weighted by Gasteiger charge is -2.21. The van der Waals surface area contributed by atoms with Gasteiger partial charge in [-0.2, -0.15) is 0 Å². The molecule has 1 aromatic heterocycles. The van der Waals surface area contributed by atoms with Gasteiger partial charge in [0.25, 0.3) is 0 Å². The van der Waals surface area contributed by atoms with E-state index in [9.17, 15) is 0 Å². The zero-order valence-corrected chi connectivity index (χ0v) is 8.92. The number of thioether (sulfide) groups is 1. The van der Waals surface area contributed by atoms with Crippen LogP contribution in [0.25, 0.3) is 11.0 Å². The predicted molar refractivity (Wildman–Crippen MR) is 59.8 cm³/mol. The standard InChI is InChI=1S/C11H12N2S/c1-8-6-7-14-11-12-9-4-2-3-5-10(9)13(8)11/h2-5,8H,6-7H2,1H3. The van der Waals surface area contributed by atoms with E-state index in [4.69, 9.17) is 0 Å². The van der Waals surface area contributed by atoms with Gasteiger partial charge in [-0.15, -0.1) is 0 Å². The summed E-state index contributed by atoms with van der Waals surface area (Å²) in [6, 6.07) is 8.99. The third-order valence-electron chi connectivity index (χ3n) is 2.77. The molecular weight excluding hydrogens is 192 g/mol. The fraction of sp³-hybridized carbons (Fsp3) is 0.364. The molecule has 0 saturated heterocycles. The van der Waals surface area contributed by atoms with Crippen molar-refractivity contribution >= 4 is 22.8 Å². The number of benzene rings is 1. The fourth-order valence-electron chi connectivity index (χ4n) is 2.00. The van der Waals surface area contributed by atoms with Crippen LogP contribution in [0.5, 0.6) is 0 Å². The van der Waals surface area contributed by atoms with Crippen LogP contribution in [0.3, 0.4) is 0 Å². The topological polar surface area (TPSA) is 17.8 Å². The Morgan fingerprint density at radius 3 is 3.21 bits per heavy atom. The highest BCUT2D eigenvalue weighted by atomic mass is 32.2. The van der Waals surface area contributed by atoms with E-state index in [1.165, 1.54) is 22.8 Å². The molecule has 2 heterocycles. The highest BCUT2D eigenvalue weighted by molar-refractivity contribution is 7.99. The number of aromatic nitrogens is 2. The van der Waals surface area contributed by atoms with Crippen molar-refractivity contribution in [1.82, 2.24) is 9.55 Å². The summed E-state index contributed by atoms with van der Waals surface area (Å²) in [5.41, 5.74) is 2.41. The first kappa shape index (κ1) is 8.36. The molecule has 0 amide bonds. The van der Waals surface area contributed by atoms with Crippen LogP contribution in [0.15, 0.2) is 29.4 Å². The minimum Gasteiger partial charge on any atom is -0.316 e. The lowest BCUT2D eigenvalue weighted by Crippen LogP contribution is -2.12. The number of hydrogen-bond acceptors (Lipinski definition) is 2. The van der Waals surface area contributed by atoms with E-state index in [1.54, 1.807) is 0 Å². The van der Waals surface area contributed by atoms with E-state index in [2.05, 4.69) is 40.7 Å². The van der Waals surface area contributed by atoms with Crippen LogP contribution in [-0.2, 0) is 0 Å². The van der Waals surface area contributed by atoms with Gasteiger partial charge in [-0.05, 0) is 25.5 Å². The van der Waals surface area contributed by atoms with Gasteiger partial charge in [0.05, 0.1) is 11.0 Å². The van der Waals surface area contributed by atoms with Crippen LogP contribution in [0, 0.1) is 0 Å². The maximum Gasteiger partial charge on any atom is 0.169 e. The highest BCUT2D eigenvalue weighted by Gasteiger charge is 2.19. The number of imidazole rings is 1. The van der Waals surface area contributed by atoms with Crippen LogP contribution < -0.4 is 0 Å². The average molecular weight is 204 g/mol. The van der Waals surface area contributed by atoms with Crippen molar-refractivity contribution in [2.75, 3.05) is 5.75 Å². The van der Waals surface area contributed by atoms with Gasteiger partial charge < -0.3 is 4.57 Å². The Labute approximate surface area is 87.3 Å². The first-order chi connectivity index (χ1) is 6.86. The largest absolute Gasteiger partial charge is 0.316 e. The Hall–Kier alpha value is -0.960. The lowest BCUT2D eigenvalue weighted by molar-refractivity contribution is 0.496. The average Bonchev–Trinajstić information content (AvgIpc) is 2.57. The molecule has 0 spiro atoms. The van der Waals surface area contributed by atoms with Crippen LogP contribution in [-0.4, -0.2) is 15.3 Å². The first-order valence-corrected chi connectivity index (χ1v) is 5.94. The minimum atomic E-state index is 0.596. The van der Waals surface area contributed by atoms with E-state index in [0.717, 1.165) is 5.52 Å². The molecular formula is C11H12N2S. The summed E-state index contributed by atoms with van der Waals surface area (Å²) in [7, 11) is 0. The molecule has 1 aromatic carbocycles. The third-order valence-corrected chi connectivity index (χ3v) is 3.76. The lowest BCUT2D eigenvalue weighted by atomic mass is 10.2. The summed E-state index contributed by atoms with van der Waals surface area (Å²) in [5, 5.41) is 1.19. The van der Waals surface area contributed by atoms with E-state index < -0.39 is 0 Å². The number of fused-ring (bicyclic) bond motifs is 3. The van der Waals surface area contributed by atoms with Gasteiger partial charge in [-0.1, -0.05) is 23.9 Å². The molecule has 0 aliphatic carbocycles. The molecule has 0 radical (unpaired) electrons. The summed E-state index contributed by atoms with van der Waals surface area (Å²) >= 11 is 1.87. The Morgan fingerprint density at radius 1 is 1.43 bits per heavy atom. The molecule has 3 rings (SSSR count). The number of para-hydroxylation sites is 2. The molecule has 0 N–H and O–H groups in total. The van der Waals surface area contributed by atoms with Gasteiger partial charge in [0.15, 0.2) is 5.16 Å². The van der Waals surface area contributed by atoms with E-state index in [-0.39, 0.29) is 0 Å². The maximum absolute atomic E-state index is 4.63. The highest BCUT2D eigenvalue weighted by Crippen LogP contribution is 2.34. The SMILES string of the molecule is CC1CCSc2nc3ccccc3n21. The van der Waals surface area contributed by atoms with Crippen molar-refractivity contribution in [3.63, 3.8) is 0 Å². The molecule has 1 unspecified atom stereocenters. The van der Waals surface area contributed by atoms with Gasteiger partial charge in [0.2, 0.25) is 0 Å². The van der Waals surface area contributed by atoms with E-state index in [0.29, 0.717) is 6.04 Å². The van der Waals surface area contributed by atoms with Crippen molar-refractivity contribution < 1.29 is 0 Å². The molecule has 2 nitrogen and oxygen atoms in total. The maximum atomic E-state index is 4.63. The first-order valence-electron chi connectivity index (χ1n) is 4.96. The molecule has 1 atom stereocenters. The van der Waals surface area contributed by atoms with E-state index >= 15 is 0 Å². The second-order valence-corrected chi connectivity index (χ2v) is 4.80. The van der Waals surface area contributed by atoms with E-state index in [1.807, 2.05) is 11.8 Å². The molecule has 0 bridgehead atoms. The fourth-order valence-corrected chi connectivity index (χ4v) is 3.22. The normalized spacial score (nSPS) is 21.1. The van der Waals surface area contributed by atoms with Crippen molar-refractivity contribution in [1.29, 1.82) is 0 Å². The summed E-state index contributed by atoms with van der Waals surface area (Å²) < 4.78 is 2.36. The second kappa shape index (κ2) is 3.02. The number of rotatable bonds is 0. The predicted octanol–water partition coefficient (Wildman–Crippen LogP) is 3.09. The summed E-state index contributed by atoms with van der Waals surface area (Å²) in [6.45, 7) is 2.28. The molecule has 2 aromatic rings. The Morgan fingerprint density at radius 2 is 2.29 bits per heavy atom. The molecule has 1 aliphatic rings. The van der Waals surface area contributed by atoms with Crippen LogP contribution in [0.1, 0.15) is 19.4 Å². The monoisotopic (exact) mass is 204 g/mol. The van der Waals surface area contributed by atoms with Crippen LogP contribution in [0.2, 0.25) is 0 Å². The van der Waals surface area contributed by atoms with Crippen molar-refractivity contribution in [2.24, 2.45) is 0 Å². The smallest absolute Gasteiger partial charge is 0.169 e. The summed E-state index contributed by atoms with van der Waals surface area (Å²) in [5.74, 6) is 1.20. The zero-order chi connectivity index (χ0) is 9.54. The summed E-state index contributed by atoms with van der Waals surface area (Å²) in [4.78, 5) is 4.63. The molecule has 72 valence electrons. The van der Waals surface area contributed by atoms with Gasteiger partial charge in [0, 0.05) is 11.8 Å². The summed E-state index contributed by atoms with van der Waals surface area (Å²) in [6.07, 6.45) is 1.25. The third kappa shape index (κ3) is 1.08. The number of hydrogen-bond donors (Lipinski definition) is 0. The van der Waals surface area contributed by atoms with Crippen molar-refractivity contribution in [3.05, 3.63) is 24.3 Å². The number of nitrogens with zero attached hydrogens (tertiary/aromatic N) is 2. The Balaban J connectivity index is 2.34. The van der Waals surface area contributed by atoms with Gasteiger partial charge >= 0.3 is 0 Å². The van der Waals surface area contributed by atoms with Crippen molar-refractivity contribution in [3.8, 4) is 0 Å². The van der Waals surface area contributed by atoms with Gasteiger partial charge in [0.1, 0.15) is 0 Å². The molecule has 1 aliphatic heterocycles. The Kier molecular flexibility index (Phi) is 1.80. The van der Waals surface area contributed by atoms with Gasteiger partial charge in [-0.3, -0.25) is 0 Å². The van der Waals surface area contributed by atoms with Crippen LogP contribution in [0.4, 0.5) is 0 Å². The molecule has 0 saturated carbocycles.